The molecule has 1 aromatic rings. The summed E-state index contributed by atoms with van der Waals surface area (Å²) in [5.74, 6) is -3.54. The first-order chi connectivity index (χ1) is 5.15. The van der Waals surface area contributed by atoms with Crippen LogP contribution in [-0.2, 0) is 0 Å². The number of nitrogens with zero attached hydrogens (tertiary/aromatic N) is 1. The number of halogens is 3. The van der Waals surface area contributed by atoms with Gasteiger partial charge < -0.3 is 0 Å². The second kappa shape index (κ2) is 2.90. The Morgan fingerprint density at radius 2 is 1.91 bits per heavy atom. The average molecular weight is 160 g/mol. The average Bonchev–Trinajstić information content (AvgIpc) is 1.97. The molecule has 0 bridgehead atoms. The number of hydrogen-bond donors (Lipinski definition) is 0. The van der Waals surface area contributed by atoms with Gasteiger partial charge in [-0.05, 0) is 12.5 Å². The van der Waals surface area contributed by atoms with E-state index in [0.29, 0.717) is 0 Å². The third-order valence-corrected chi connectivity index (χ3v) is 1.22. The van der Waals surface area contributed by atoms with E-state index < -0.39 is 17.7 Å². The number of hydrogen-bond acceptors (Lipinski definition) is 1. The Hall–Kier alpha value is -1.06. The maximum atomic E-state index is 12.5. The number of rotatable bonds is 1. The van der Waals surface area contributed by atoms with Crippen molar-refractivity contribution in [1.82, 2.24) is 4.98 Å². The molecule has 59 valence electrons. The molecule has 0 saturated heterocycles. The van der Waals surface area contributed by atoms with E-state index in [2.05, 4.69) is 4.98 Å². The molecule has 0 aliphatic carbocycles. The van der Waals surface area contributed by atoms with Crippen LogP contribution >= 0.6 is 0 Å². The van der Waals surface area contributed by atoms with Crippen molar-refractivity contribution in [2.24, 2.45) is 0 Å². The molecule has 1 nitrogen and oxygen atoms in total. The lowest BCUT2D eigenvalue weighted by atomic mass is 10.2. The van der Waals surface area contributed by atoms with Gasteiger partial charge in [-0.25, -0.2) is 4.39 Å². The third kappa shape index (κ3) is 1.50. The van der Waals surface area contributed by atoms with Gasteiger partial charge in [0.05, 0.1) is 0 Å². The minimum Gasteiger partial charge on any atom is -0.202 e. The molecular formula is C7H5F3N. The zero-order valence-electron chi connectivity index (χ0n) is 5.74. The van der Waals surface area contributed by atoms with Gasteiger partial charge in [-0.2, -0.15) is 13.8 Å². The molecule has 0 fully saturated rings. The summed E-state index contributed by atoms with van der Waals surface area (Å²) >= 11 is 0. The molecule has 1 aromatic heterocycles. The van der Waals surface area contributed by atoms with Crippen molar-refractivity contribution < 1.29 is 13.2 Å². The van der Waals surface area contributed by atoms with E-state index in [1.165, 1.54) is 13.3 Å². The molecule has 0 unspecified atom stereocenters. The fourth-order valence-electron chi connectivity index (χ4n) is 0.662. The molecule has 1 rings (SSSR count). The molecule has 4 heteroatoms. The summed E-state index contributed by atoms with van der Waals surface area (Å²) in [5, 5.41) is 0. The predicted molar refractivity (Wildman–Crippen MR) is 33.2 cm³/mol. The van der Waals surface area contributed by atoms with E-state index in [1.54, 1.807) is 0 Å². The number of aromatic nitrogens is 1. The molecule has 1 radical (unpaired) electrons. The van der Waals surface area contributed by atoms with E-state index in [4.69, 9.17) is 0 Å². The van der Waals surface area contributed by atoms with Gasteiger partial charge in [0.2, 0.25) is 5.95 Å². The van der Waals surface area contributed by atoms with Crippen LogP contribution in [0, 0.1) is 24.1 Å². The summed E-state index contributed by atoms with van der Waals surface area (Å²) in [7, 11) is 0. The second-order valence-corrected chi connectivity index (χ2v) is 1.93. The molecule has 0 aromatic carbocycles. The maximum Gasteiger partial charge on any atom is 0.251 e. The van der Waals surface area contributed by atoms with Gasteiger partial charge in [0, 0.05) is 5.56 Å². The van der Waals surface area contributed by atoms with Gasteiger partial charge in [0.1, 0.15) is 0 Å². The van der Waals surface area contributed by atoms with Crippen molar-refractivity contribution in [1.29, 1.82) is 0 Å². The zero-order chi connectivity index (χ0) is 8.43. The molecule has 11 heavy (non-hydrogen) atoms. The Kier molecular flexibility index (Phi) is 2.12. The van der Waals surface area contributed by atoms with E-state index >= 15 is 0 Å². The highest BCUT2D eigenvalue weighted by atomic mass is 19.2. The Balaban J connectivity index is 3.21. The Labute approximate surface area is 61.9 Å². The molecule has 0 aliphatic heterocycles. The molecule has 0 amide bonds. The van der Waals surface area contributed by atoms with E-state index in [9.17, 15) is 13.2 Å². The SMILES string of the molecule is C[CH]c1cc(F)c(F)nc1F. The van der Waals surface area contributed by atoms with Gasteiger partial charge in [0.15, 0.2) is 5.82 Å². The van der Waals surface area contributed by atoms with E-state index in [0.717, 1.165) is 6.07 Å². The highest BCUT2D eigenvalue weighted by molar-refractivity contribution is 5.19. The van der Waals surface area contributed by atoms with Crippen LogP contribution in [0.5, 0.6) is 0 Å². The summed E-state index contributed by atoms with van der Waals surface area (Å²) in [4.78, 5) is 2.70. The monoisotopic (exact) mass is 160 g/mol. The highest BCUT2D eigenvalue weighted by Crippen LogP contribution is 2.10. The summed E-state index contributed by atoms with van der Waals surface area (Å²) in [6.45, 7) is 1.51. The smallest absolute Gasteiger partial charge is 0.202 e. The second-order valence-electron chi connectivity index (χ2n) is 1.93. The molecule has 0 spiro atoms. The third-order valence-electron chi connectivity index (χ3n) is 1.22. The normalized spacial score (nSPS) is 10.2. The van der Waals surface area contributed by atoms with Crippen molar-refractivity contribution in [3.63, 3.8) is 0 Å². The largest absolute Gasteiger partial charge is 0.251 e. The van der Waals surface area contributed by atoms with Crippen LogP contribution in [0.4, 0.5) is 13.2 Å². The maximum absolute atomic E-state index is 12.5. The van der Waals surface area contributed by atoms with Crippen LogP contribution in [-0.4, -0.2) is 4.98 Å². The van der Waals surface area contributed by atoms with Gasteiger partial charge in [0.25, 0.3) is 5.95 Å². The lowest BCUT2D eigenvalue weighted by Gasteiger charge is -1.97. The van der Waals surface area contributed by atoms with Crippen molar-refractivity contribution in [2.75, 3.05) is 0 Å². The van der Waals surface area contributed by atoms with Crippen molar-refractivity contribution >= 4 is 0 Å². The van der Waals surface area contributed by atoms with Gasteiger partial charge >= 0.3 is 0 Å². The summed E-state index contributed by atoms with van der Waals surface area (Å²) in [6.07, 6.45) is 1.31. The summed E-state index contributed by atoms with van der Waals surface area (Å²) < 4.78 is 37.0. The summed E-state index contributed by atoms with van der Waals surface area (Å²) in [5.41, 5.74) is -0.0381. The molecule has 0 saturated carbocycles. The molecule has 0 N–H and O–H groups in total. The molecule has 0 aliphatic rings. The summed E-state index contributed by atoms with van der Waals surface area (Å²) in [6, 6.07) is 0.762. The van der Waals surface area contributed by atoms with Crippen LogP contribution in [0.1, 0.15) is 12.5 Å². The first-order valence-electron chi connectivity index (χ1n) is 2.96. The van der Waals surface area contributed by atoms with Crippen molar-refractivity contribution in [3.05, 3.63) is 35.8 Å². The fourth-order valence-corrected chi connectivity index (χ4v) is 0.662. The fraction of sp³-hybridized carbons (Fsp3) is 0.143. The topological polar surface area (TPSA) is 12.9 Å². The molecule has 0 atom stereocenters. The van der Waals surface area contributed by atoms with Gasteiger partial charge in [-0.15, -0.1) is 0 Å². The predicted octanol–water partition coefficient (Wildman–Crippen LogP) is 2.07. The Morgan fingerprint density at radius 1 is 1.27 bits per heavy atom. The quantitative estimate of drug-likeness (QED) is 0.573. The Bertz CT molecular complexity index is 273. The van der Waals surface area contributed by atoms with Crippen LogP contribution in [0.3, 0.4) is 0 Å². The Morgan fingerprint density at radius 3 is 2.45 bits per heavy atom. The minimum absolute atomic E-state index is 0.0381. The van der Waals surface area contributed by atoms with Crippen LogP contribution < -0.4 is 0 Å². The minimum atomic E-state index is -1.41. The van der Waals surface area contributed by atoms with E-state index in [-0.39, 0.29) is 5.56 Å². The van der Waals surface area contributed by atoms with Gasteiger partial charge in [-0.1, -0.05) is 6.92 Å². The van der Waals surface area contributed by atoms with E-state index in [1.807, 2.05) is 0 Å². The van der Waals surface area contributed by atoms with Crippen molar-refractivity contribution in [3.8, 4) is 0 Å². The number of pyridine rings is 1. The first-order valence-corrected chi connectivity index (χ1v) is 2.96. The molecular weight excluding hydrogens is 155 g/mol. The lowest BCUT2D eigenvalue weighted by molar-refractivity contribution is 0.444. The standard InChI is InChI=1S/C7H5F3N/c1-2-4-3-5(8)7(10)11-6(4)9/h2-3H,1H3. The first kappa shape index (κ1) is 8.04. The zero-order valence-corrected chi connectivity index (χ0v) is 5.74. The molecule has 1 heterocycles. The van der Waals surface area contributed by atoms with Gasteiger partial charge in [-0.3, -0.25) is 0 Å². The van der Waals surface area contributed by atoms with Crippen LogP contribution in [0.25, 0.3) is 0 Å². The highest BCUT2D eigenvalue weighted by Gasteiger charge is 2.09. The lowest BCUT2D eigenvalue weighted by Crippen LogP contribution is -1.97. The van der Waals surface area contributed by atoms with Crippen LogP contribution in [0.15, 0.2) is 6.07 Å². The van der Waals surface area contributed by atoms with Crippen molar-refractivity contribution in [2.45, 2.75) is 6.92 Å². The van der Waals surface area contributed by atoms with Crippen LogP contribution in [0.2, 0.25) is 0 Å².